The number of benzene rings is 2. The van der Waals surface area contributed by atoms with Crippen LogP contribution in [-0.2, 0) is 0 Å². The van der Waals surface area contributed by atoms with E-state index in [2.05, 4.69) is 5.32 Å². The summed E-state index contributed by atoms with van der Waals surface area (Å²) >= 11 is 0. The molecular formula is C19H20FNO3. The van der Waals surface area contributed by atoms with Crippen LogP contribution in [0.15, 0.2) is 42.4 Å². The van der Waals surface area contributed by atoms with Crippen LogP contribution < -0.4 is 19.5 Å². The molecule has 126 valence electrons. The second-order valence-corrected chi connectivity index (χ2v) is 4.88. The normalized spacial score (nSPS) is 42.0. The summed E-state index contributed by atoms with van der Waals surface area (Å²) in [4.78, 5) is 0. The van der Waals surface area contributed by atoms with Gasteiger partial charge in [0.15, 0.2) is 11.5 Å². The van der Waals surface area contributed by atoms with Crippen LogP contribution >= 0.6 is 0 Å². The zero-order valence-corrected chi connectivity index (χ0v) is 12.2. The van der Waals surface area contributed by atoms with E-state index in [1.165, 1.54) is 18.2 Å². The van der Waals surface area contributed by atoms with Gasteiger partial charge in [-0.15, -0.1) is 0 Å². The average Bonchev–Trinajstić information content (AvgIpc) is 3.10. The third-order valence-electron chi connectivity index (χ3n) is 3.34. The first-order chi connectivity index (χ1) is 16.4. The van der Waals surface area contributed by atoms with Crippen LogP contribution in [0, 0.1) is 11.7 Å². The molecule has 4 rings (SSSR count). The Morgan fingerprint density at radius 1 is 1.29 bits per heavy atom. The second kappa shape index (κ2) is 6.69. The van der Waals surface area contributed by atoms with Gasteiger partial charge in [-0.1, -0.05) is 12.1 Å². The molecule has 24 heavy (non-hydrogen) atoms. The number of piperidine rings is 1. The molecule has 0 saturated carbocycles. The van der Waals surface area contributed by atoms with E-state index in [1.807, 2.05) is 0 Å². The van der Waals surface area contributed by atoms with Gasteiger partial charge in [0.25, 0.3) is 0 Å². The molecule has 2 atom stereocenters. The van der Waals surface area contributed by atoms with Crippen molar-refractivity contribution in [3.8, 4) is 17.2 Å². The standard InChI is InChI=1S/C19H20FNO3/c20-15-3-1-13(2-4-15)17-7-8-21-10-14(17)11-22-16-5-6-18-19(9-16)24-12-23-18/h1-6,9,14,17,21H,7-8,10-12H2/t14?,17-/m0/s1/i1D,2D,3D,4D,7D2,10D2,12D2,14D,17D. The van der Waals surface area contributed by atoms with Crippen molar-refractivity contribution in [2.75, 3.05) is 26.4 Å². The summed E-state index contributed by atoms with van der Waals surface area (Å²) in [5.41, 5.74) is -0.980. The highest BCUT2D eigenvalue weighted by Crippen LogP contribution is 2.36. The van der Waals surface area contributed by atoms with Crippen molar-refractivity contribution in [3.63, 3.8) is 0 Å². The summed E-state index contributed by atoms with van der Waals surface area (Å²) in [5.74, 6) is -7.72. The largest absolute Gasteiger partial charge is 0.493 e. The maximum atomic E-state index is 14.2. The molecule has 0 spiro atoms. The summed E-state index contributed by atoms with van der Waals surface area (Å²) in [5, 5.41) is 2.22. The van der Waals surface area contributed by atoms with E-state index in [9.17, 15) is 4.39 Å². The first-order valence-corrected chi connectivity index (χ1v) is 7.05. The highest BCUT2D eigenvalue weighted by Gasteiger charge is 2.27. The summed E-state index contributed by atoms with van der Waals surface area (Å²) < 4.78 is 129. The number of hydrogen-bond acceptors (Lipinski definition) is 4. The Bertz CT molecular complexity index is 1220. The van der Waals surface area contributed by atoms with Crippen LogP contribution in [0.4, 0.5) is 4.39 Å². The number of ether oxygens (including phenoxy) is 3. The van der Waals surface area contributed by atoms with E-state index in [0.717, 1.165) is 0 Å². The second-order valence-electron chi connectivity index (χ2n) is 4.88. The van der Waals surface area contributed by atoms with Crippen LogP contribution in [0.5, 0.6) is 17.2 Å². The highest BCUT2D eigenvalue weighted by atomic mass is 19.1. The maximum Gasteiger partial charge on any atom is 0.231 e. The molecule has 2 aliphatic heterocycles. The van der Waals surface area contributed by atoms with Gasteiger partial charge in [-0.25, -0.2) is 4.39 Å². The number of fused-ring (bicyclic) bond motifs is 1. The Morgan fingerprint density at radius 2 is 2.12 bits per heavy atom. The summed E-state index contributed by atoms with van der Waals surface area (Å²) in [7, 11) is 0. The predicted molar refractivity (Wildman–Crippen MR) is 88.2 cm³/mol. The molecule has 2 aliphatic rings. The van der Waals surface area contributed by atoms with E-state index in [0.29, 0.717) is 0 Å². The molecule has 0 bridgehead atoms. The van der Waals surface area contributed by atoms with E-state index < -0.39 is 80.1 Å². The topological polar surface area (TPSA) is 39.7 Å². The first-order valence-electron chi connectivity index (χ1n) is 13.0. The third-order valence-corrected chi connectivity index (χ3v) is 3.34. The Morgan fingerprint density at radius 3 is 3.00 bits per heavy atom. The molecule has 2 aromatic carbocycles. The van der Waals surface area contributed by atoms with Gasteiger partial charge in [-0.2, -0.15) is 0 Å². The van der Waals surface area contributed by atoms with Gasteiger partial charge in [0.2, 0.25) is 6.75 Å². The monoisotopic (exact) mass is 341 g/mol. The minimum atomic E-state index is -3.13. The van der Waals surface area contributed by atoms with Crippen molar-refractivity contribution < 1.29 is 35.1 Å². The van der Waals surface area contributed by atoms with Gasteiger partial charge >= 0.3 is 0 Å². The van der Waals surface area contributed by atoms with Crippen molar-refractivity contribution in [1.29, 1.82) is 0 Å². The fourth-order valence-electron chi connectivity index (χ4n) is 2.23. The van der Waals surface area contributed by atoms with Crippen LogP contribution in [0.3, 0.4) is 0 Å². The van der Waals surface area contributed by atoms with Gasteiger partial charge in [-0.3, -0.25) is 0 Å². The lowest BCUT2D eigenvalue weighted by Gasteiger charge is -2.32. The Balaban J connectivity index is 1.84. The quantitative estimate of drug-likeness (QED) is 0.926. The third kappa shape index (κ3) is 3.17. The van der Waals surface area contributed by atoms with Crippen molar-refractivity contribution in [2.24, 2.45) is 5.89 Å². The van der Waals surface area contributed by atoms with Gasteiger partial charge in [0.1, 0.15) is 14.3 Å². The van der Waals surface area contributed by atoms with Gasteiger partial charge in [0, 0.05) is 26.7 Å². The summed E-state index contributed by atoms with van der Waals surface area (Å²) in [6, 6.07) is -0.813. The van der Waals surface area contributed by atoms with Gasteiger partial charge in [0.05, 0.1) is 12.1 Å². The lowest BCUT2D eigenvalue weighted by molar-refractivity contribution is 0.173. The SMILES string of the molecule is [2H]c1c([2H])c([C@]2([2H])C([2H])([2H])CNC([2H])([2H])C2([2H])COc2ccc3c(c2)OC([2H])([2H])O3)c([2H])c([2H])c1F. The smallest absolute Gasteiger partial charge is 0.231 e. The fourth-order valence-corrected chi connectivity index (χ4v) is 2.23. The van der Waals surface area contributed by atoms with Crippen LogP contribution in [-0.4, -0.2) is 26.4 Å². The number of nitrogens with one attached hydrogen (secondary N) is 1. The Labute approximate surface area is 157 Å². The molecule has 0 amide bonds. The zero-order valence-electron chi connectivity index (χ0n) is 24.2. The Hall–Kier alpha value is -2.27. The van der Waals surface area contributed by atoms with E-state index in [-0.39, 0.29) is 17.2 Å². The van der Waals surface area contributed by atoms with Crippen LogP contribution in [0.25, 0.3) is 0 Å². The van der Waals surface area contributed by atoms with Crippen LogP contribution in [0.1, 0.15) is 34.3 Å². The summed E-state index contributed by atoms with van der Waals surface area (Å²) in [6.45, 7) is -7.18. The van der Waals surface area contributed by atoms with Crippen LogP contribution in [0.2, 0.25) is 0 Å². The Kier molecular flexibility index (Phi) is 1.93. The van der Waals surface area contributed by atoms with E-state index in [4.69, 9.17) is 30.7 Å². The molecule has 1 N–H and O–H groups in total. The minimum absolute atomic E-state index is 0.0451. The lowest BCUT2D eigenvalue weighted by Crippen LogP contribution is -2.38. The lowest BCUT2D eigenvalue weighted by atomic mass is 9.81. The molecule has 1 saturated heterocycles. The number of halogens is 1. The molecule has 2 aromatic rings. The molecule has 0 aromatic heterocycles. The average molecular weight is 341 g/mol. The first kappa shape index (κ1) is 6.92. The fraction of sp³-hybridized carbons (Fsp3) is 0.368. The minimum Gasteiger partial charge on any atom is -0.493 e. The molecule has 2 heterocycles. The molecule has 0 aliphatic carbocycles. The molecule has 0 radical (unpaired) electrons. The summed E-state index contributed by atoms with van der Waals surface area (Å²) in [6.07, 6.45) is -2.85. The predicted octanol–water partition coefficient (Wildman–Crippen LogP) is 3.33. The number of hydrogen-bond donors (Lipinski definition) is 1. The molecule has 4 nitrogen and oxygen atoms in total. The molecule has 1 unspecified atom stereocenters. The van der Waals surface area contributed by atoms with E-state index in [1.54, 1.807) is 0 Å². The van der Waals surface area contributed by atoms with Crippen molar-refractivity contribution in [2.45, 2.75) is 12.3 Å². The molecular weight excluding hydrogens is 309 g/mol. The van der Waals surface area contributed by atoms with Gasteiger partial charge in [-0.05, 0) is 48.6 Å². The molecule has 5 heteroatoms. The van der Waals surface area contributed by atoms with Crippen molar-refractivity contribution in [1.82, 2.24) is 5.32 Å². The van der Waals surface area contributed by atoms with Crippen molar-refractivity contribution in [3.05, 3.63) is 53.7 Å². The number of rotatable bonds is 4. The molecule has 1 fully saturated rings. The maximum absolute atomic E-state index is 14.2. The zero-order chi connectivity index (χ0) is 27.1. The van der Waals surface area contributed by atoms with E-state index >= 15 is 0 Å². The van der Waals surface area contributed by atoms with Gasteiger partial charge < -0.3 is 19.5 Å². The highest BCUT2D eigenvalue weighted by molar-refractivity contribution is 5.46. The van der Waals surface area contributed by atoms with Crippen molar-refractivity contribution >= 4 is 0 Å².